The van der Waals surface area contributed by atoms with Crippen LogP contribution < -0.4 is 10.5 Å². The van der Waals surface area contributed by atoms with Gasteiger partial charge in [0.15, 0.2) is 5.82 Å². The van der Waals surface area contributed by atoms with Gasteiger partial charge in [-0.3, -0.25) is 4.68 Å². The van der Waals surface area contributed by atoms with Gasteiger partial charge in [-0.1, -0.05) is 6.92 Å². The predicted octanol–water partition coefficient (Wildman–Crippen LogP) is -0.802. The average Bonchev–Trinajstić information content (AvgIpc) is 2.58. The maximum atomic E-state index is 11.9. The second-order valence-corrected chi connectivity index (χ2v) is 8.16. The predicted molar refractivity (Wildman–Crippen MR) is 71.8 cm³/mol. The third-order valence-corrected chi connectivity index (χ3v) is 4.69. The van der Waals surface area contributed by atoms with Crippen LogP contribution in [-0.4, -0.2) is 45.2 Å². The maximum Gasteiger partial charge on any atom is 0.245 e. The van der Waals surface area contributed by atoms with E-state index in [0.717, 1.165) is 12.7 Å². The molecule has 0 fully saturated rings. The van der Waals surface area contributed by atoms with Gasteiger partial charge in [-0.05, 0) is 6.42 Å². The number of aromatic nitrogens is 2. The molecule has 10 heteroatoms. The smallest absolute Gasteiger partial charge is 0.245 e. The molecular formula is C9H18N4O4S2. The van der Waals surface area contributed by atoms with Crippen molar-refractivity contribution in [1.82, 2.24) is 14.5 Å². The van der Waals surface area contributed by atoms with Gasteiger partial charge in [0, 0.05) is 25.5 Å². The highest BCUT2D eigenvalue weighted by molar-refractivity contribution is 7.91. The van der Waals surface area contributed by atoms with Crippen molar-refractivity contribution in [3.05, 3.63) is 6.20 Å². The number of sulfonamides is 1. The van der Waals surface area contributed by atoms with Gasteiger partial charge in [-0.2, -0.15) is 5.10 Å². The number of nitrogen functional groups attached to an aromatic ring is 1. The van der Waals surface area contributed by atoms with Crippen molar-refractivity contribution in [3.8, 4) is 0 Å². The molecule has 1 aromatic rings. The number of nitrogens with one attached hydrogen (secondary N) is 1. The topological polar surface area (TPSA) is 124 Å². The van der Waals surface area contributed by atoms with E-state index < -0.39 is 19.9 Å². The van der Waals surface area contributed by atoms with Gasteiger partial charge in [0.2, 0.25) is 10.0 Å². The Kier molecular flexibility index (Phi) is 4.93. The minimum atomic E-state index is -3.83. The Balaban J connectivity index is 2.82. The van der Waals surface area contributed by atoms with E-state index in [9.17, 15) is 16.8 Å². The van der Waals surface area contributed by atoms with Crippen LogP contribution in [0.25, 0.3) is 0 Å². The highest BCUT2D eigenvalue weighted by Gasteiger charge is 2.21. The lowest BCUT2D eigenvalue weighted by Crippen LogP contribution is -2.29. The van der Waals surface area contributed by atoms with Crippen LogP contribution in [0.4, 0.5) is 5.82 Å². The highest BCUT2D eigenvalue weighted by Crippen LogP contribution is 2.15. The summed E-state index contributed by atoms with van der Waals surface area (Å²) in [5.74, 6) is -0.366. The molecular weight excluding hydrogens is 292 g/mol. The summed E-state index contributed by atoms with van der Waals surface area (Å²) in [7, 11) is -7.05. The van der Waals surface area contributed by atoms with Crippen LogP contribution in [0.3, 0.4) is 0 Å². The Labute approximate surface area is 113 Å². The van der Waals surface area contributed by atoms with Gasteiger partial charge in [0.05, 0.1) is 5.75 Å². The molecule has 110 valence electrons. The Morgan fingerprint density at radius 3 is 2.53 bits per heavy atom. The van der Waals surface area contributed by atoms with E-state index in [4.69, 9.17) is 5.73 Å². The van der Waals surface area contributed by atoms with Gasteiger partial charge in [0.1, 0.15) is 14.7 Å². The fraction of sp³-hybridized carbons (Fsp3) is 0.667. The van der Waals surface area contributed by atoms with Crippen LogP contribution in [0.1, 0.15) is 13.3 Å². The highest BCUT2D eigenvalue weighted by atomic mass is 32.2. The van der Waals surface area contributed by atoms with E-state index in [0.29, 0.717) is 6.54 Å². The third-order valence-electron chi connectivity index (χ3n) is 2.26. The molecule has 0 bridgehead atoms. The number of sulfone groups is 1. The van der Waals surface area contributed by atoms with Crippen LogP contribution in [0.15, 0.2) is 11.1 Å². The summed E-state index contributed by atoms with van der Waals surface area (Å²) in [6, 6.07) is 0. The number of hydrogen-bond acceptors (Lipinski definition) is 6. The zero-order valence-corrected chi connectivity index (χ0v) is 12.5. The van der Waals surface area contributed by atoms with Crippen molar-refractivity contribution in [2.75, 3.05) is 24.3 Å². The molecule has 0 aliphatic heterocycles. The van der Waals surface area contributed by atoms with Crippen molar-refractivity contribution in [1.29, 1.82) is 0 Å². The summed E-state index contributed by atoms with van der Waals surface area (Å²) in [5, 5.41) is 3.88. The molecule has 1 rings (SSSR count). The van der Waals surface area contributed by atoms with E-state index in [1.165, 1.54) is 10.9 Å². The van der Waals surface area contributed by atoms with Gasteiger partial charge < -0.3 is 5.73 Å². The van der Waals surface area contributed by atoms with Gasteiger partial charge in [-0.15, -0.1) is 0 Å². The fourth-order valence-electron chi connectivity index (χ4n) is 1.41. The first-order valence-corrected chi connectivity index (χ1v) is 9.20. The molecule has 19 heavy (non-hydrogen) atoms. The Hall–Kier alpha value is -1.13. The number of anilines is 1. The minimum Gasteiger partial charge on any atom is -0.381 e. The summed E-state index contributed by atoms with van der Waals surface area (Å²) in [6.45, 7) is 2.29. The second-order valence-electron chi connectivity index (χ2n) is 4.17. The molecule has 0 saturated carbocycles. The molecule has 0 aliphatic rings. The third kappa shape index (κ3) is 4.80. The first-order chi connectivity index (χ1) is 8.65. The summed E-state index contributed by atoms with van der Waals surface area (Å²) in [6.07, 6.45) is 3.17. The molecule has 0 aliphatic carbocycles. The van der Waals surface area contributed by atoms with Gasteiger partial charge >= 0.3 is 0 Å². The van der Waals surface area contributed by atoms with Crippen LogP contribution in [0, 0.1) is 0 Å². The van der Waals surface area contributed by atoms with E-state index in [2.05, 4.69) is 9.82 Å². The first kappa shape index (κ1) is 15.9. The zero-order valence-electron chi connectivity index (χ0n) is 10.8. The molecule has 0 spiro atoms. The number of nitrogens with two attached hydrogens (primary N) is 1. The van der Waals surface area contributed by atoms with E-state index >= 15 is 0 Å². The Bertz CT molecular complexity index is 633. The Morgan fingerprint density at radius 1 is 1.37 bits per heavy atom. The normalized spacial score (nSPS) is 12.7. The summed E-state index contributed by atoms with van der Waals surface area (Å²) in [4.78, 5) is -0.130. The molecule has 1 aromatic heterocycles. The number of rotatable bonds is 7. The van der Waals surface area contributed by atoms with Crippen LogP contribution in [0.5, 0.6) is 0 Å². The fourth-order valence-corrected chi connectivity index (χ4v) is 3.11. The standard InChI is InChI=1S/C9H18N4O4S2/c1-3-5-13-7-8(9(10)12-13)19(16,17)11-4-6-18(2,14)15/h7,11H,3-6H2,1-2H3,(H2,10,12). The molecule has 0 atom stereocenters. The first-order valence-electron chi connectivity index (χ1n) is 5.66. The molecule has 0 radical (unpaired) electrons. The quantitative estimate of drug-likeness (QED) is 0.679. The van der Waals surface area contributed by atoms with Crippen molar-refractivity contribution in [3.63, 3.8) is 0 Å². The SMILES string of the molecule is CCCn1cc(S(=O)(=O)NCCS(C)(=O)=O)c(N)n1. The molecule has 8 nitrogen and oxygen atoms in total. The monoisotopic (exact) mass is 310 g/mol. The number of nitrogens with zero attached hydrogens (tertiary/aromatic N) is 2. The van der Waals surface area contributed by atoms with E-state index in [-0.39, 0.29) is 23.0 Å². The Morgan fingerprint density at radius 2 is 2.00 bits per heavy atom. The number of hydrogen-bond donors (Lipinski definition) is 2. The van der Waals surface area contributed by atoms with Crippen LogP contribution in [-0.2, 0) is 26.4 Å². The van der Waals surface area contributed by atoms with Gasteiger partial charge in [0.25, 0.3) is 0 Å². The minimum absolute atomic E-state index is 0.0969. The van der Waals surface area contributed by atoms with Crippen molar-refractivity contribution < 1.29 is 16.8 Å². The summed E-state index contributed by atoms with van der Waals surface area (Å²) >= 11 is 0. The molecule has 0 unspecified atom stereocenters. The lowest BCUT2D eigenvalue weighted by Gasteiger charge is -2.04. The van der Waals surface area contributed by atoms with Crippen molar-refractivity contribution in [2.24, 2.45) is 0 Å². The number of aryl methyl sites for hydroxylation is 1. The molecule has 0 aromatic carbocycles. The summed E-state index contributed by atoms with van der Waals surface area (Å²) in [5.41, 5.74) is 5.55. The van der Waals surface area contributed by atoms with Gasteiger partial charge in [-0.25, -0.2) is 21.6 Å². The van der Waals surface area contributed by atoms with Crippen molar-refractivity contribution >= 4 is 25.7 Å². The second kappa shape index (κ2) is 5.88. The molecule has 3 N–H and O–H groups in total. The summed E-state index contributed by atoms with van der Waals surface area (Å²) < 4.78 is 49.3. The van der Waals surface area contributed by atoms with Crippen LogP contribution >= 0.6 is 0 Å². The lowest BCUT2D eigenvalue weighted by molar-refractivity contribution is 0.580. The maximum absolute atomic E-state index is 11.9. The molecule has 0 saturated heterocycles. The largest absolute Gasteiger partial charge is 0.381 e. The molecule has 0 amide bonds. The van der Waals surface area contributed by atoms with E-state index in [1.54, 1.807) is 0 Å². The van der Waals surface area contributed by atoms with Crippen molar-refractivity contribution in [2.45, 2.75) is 24.8 Å². The zero-order chi connectivity index (χ0) is 14.7. The lowest BCUT2D eigenvalue weighted by atomic mass is 10.5. The van der Waals surface area contributed by atoms with E-state index in [1.807, 2.05) is 6.92 Å². The molecule has 1 heterocycles. The average molecular weight is 310 g/mol. The van der Waals surface area contributed by atoms with Crippen LogP contribution in [0.2, 0.25) is 0 Å².